The predicted molar refractivity (Wildman–Crippen MR) is 201 cm³/mol. The van der Waals surface area contributed by atoms with E-state index in [1.54, 1.807) is 24.3 Å². The van der Waals surface area contributed by atoms with Gasteiger partial charge in [0.1, 0.15) is 23.4 Å². The Kier molecular flexibility index (Phi) is 12.4. The minimum absolute atomic E-state index is 0.159. The van der Waals surface area contributed by atoms with E-state index >= 15 is 4.39 Å². The molecule has 1 N–H and O–H groups in total. The number of aromatic nitrogens is 6. The van der Waals surface area contributed by atoms with Crippen molar-refractivity contribution in [2.75, 3.05) is 27.4 Å². The summed E-state index contributed by atoms with van der Waals surface area (Å²) in [7, 11) is 0.0452. The monoisotopic (exact) mass is 744 g/mol. The van der Waals surface area contributed by atoms with Crippen LogP contribution in [-0.2, 0) is 17.5 Å². The number of fused-ring (bicyclic) bond motifs is 2. The lowest BCUT2D eigenvalue weighted by atomic mass is 10.2. The minimum Gasteiger partial charge on any atom is -0.481 e. The van der Waals surface area contributed by atoms with Crippen molar-refractivity contribution >= 4 is 41.0 Å². The first-order valence-corrected chi connectivity index (χ1v) is 18.8. The Labute approximate surface area is 305 Å². The zero-order valence-corrected chi connectivity index (χ0v) is 31.1. The second kappa shape index (κ2) is 17.0. The molecule has 0 radical (unpaired) electrons. The molecular formula is C38H42F2N6O6Si. The number of rotatable bonds is 12. The van der Waals surface area contributed by atoms with E-state index in [0.29, 0.717) is 22.8 Å². The number of hydrogen-bond donors (Lipinski definition) is 1. The molecule has 0 aliphatic rings. The molecule has 0 aliphatic carbocycles. The van der Waals surface area contributed by atoms with Crippen LogP contribution in [0.3, 0.4) is 0 Å². The van der Waals surface area contributed by atoms with Gasteiger partial charge in [-0.1, -0.05) is 81.4 Å². The summed E-state index contributed by atoms with van der Waals surface area (Å²) in [6.45, 7) is 5.15. The first-order valence-electron chi connectivity index (χ1n) is 16.9. The lowest BCUT2D eigenvalue weighted by Gasteiger charge is -2.43. The van der Waals surface area contributed by atoms with E-state index in [9.17, 15) is 14.0 Å². The van der Waals surface area contributed by atoms with E-state index in [2.05, 4.69) is 65.0 Å². The van der Waals surface area contributed by atoms with Gasteiger partial charge < -0.3 is 19.0 Å². The zero-order valence-electron chi connectivity index (χ0n) is 30.1. The number of pyridine rings is 2. The SMILES string of the molecule is COc1ccc2ncc(=O)n(CC(F)CO)c2n1.COc1ccc2ncc(=O)n(CC(F)CO[Si](c3ccccc3)(c3ccccc3)C(C)(C)C)c2n1. The molecule has 0 saturated heterocycles. The number of aliphatic hydroxyl groups excluding tert-OH is 1. The molecule has 0 fully saturated rings. The van der Waals surface area contributed by atoms with Crippen molar-refractivity contribution in [3.05, 3.63) is 118 Å². The molecular weight excluding hydrogens is 703 g/mol. The van der Waals surface area contributed by atoms with E-state index in [4.69, 9.17) is 19.0 Å². The topological polar surface area (TPSA) is 143 Å². The van der Waals surface area contributed by atoms with Crippen LogP contribution in [0.25, 0.3) is 22.3 Å². The molecule has 0 aliphatic heterocycles. The van der Waals surface area contributed by atoms with Crippen LogP contribution in [0.1, 0.15) is 20.8 Å². The van der Waals surface area contributed by atoms with Crippen molar-refractivity contribution in [1.29, 1.82) is 0 Å². The average Bonchev–Trinajstić information content (AvgIpc) is 3.17. The van der Waals surface area contributed by atoms with E-state index in [1.807, 2.05) is 36.4 Å². The lowest BCUT2D eigenvalue weighted by Crippen LogP contribution is -2.67. The molecule has 0 saturated carbocycles. The van der Waals surface area contributed by atoms with Gasteiger partial charge in [0.2, 0.25) is 11.8 Å². The first-order chi connectivity index (χ1) is 25.4. The van der Waals surface area contributed by atoms with Crippen molar-refractivity contribution in [3.63, 3.8) is 0 Å². The summed E-state index contributed by atoms with van der Waals surface area (Å²) >= 11 is 0. The lowest BCUT2D eigenvalue weighted by molar-refractivity contribution is 0.162. The predicted octanol–water partition coefficient (Wildman–Crippen LogP) is 3.85. The van der Waals surface area contributed by atoms with Gasteiger partial charge in [-0.05, 0) is 27.5 Å². The van der Waals surface area contributed by atoms with Gasteiger partial charge in [-0.2, -0.15) is 9.97 Å². The largest absolute Gasteiger partial charge is 0.481 e. The van der Waals surface area contributed by atoms with E-state index in [1.165, 1.54) is 25.0 Å². The highest BCUT2D eigenvalue weighted by Gasteiger charge is 2.50. The number of halogens is 2. The number of alkyl halides is 2. The summed E-state index contributed by atoms with van der Waals surface area (Å²) in [6.07, 6.45) is -0.679. The number of methoxy groups -OCH3 is 2. The Balaban J connectivity index is 0.000000252. The van der Waals surface area contributed by atoms with Gasteiger partial charge in [-0.3, -0.25) is 18.7 Å². The van der Waals surface area contributed by atoms with Crippen molar-refractivity contribution in [1.82, 2.24) is 29.1 Å². The van der Waals surface area contributed by atoms with Crippen LogP contribution in [0, 0.1) is 0 Å². The fourth-order valence-corrected chi connectivity index (χ4v) is 10.7. The summed E-state index contributed by atoms with van der Waals surface area (Å²) in [6, 6.07) is 26.7. The third kappa shape index (κ3) is 8.64. The fourth-order valence-electron chi connectivity index (χ4n) is 6.11. The summed E-state index contributed by atoms with van der Waals surface area (Å²) < 4.78 is 48.1. The molecule has 278 valence electrons. The summed E-state index contributed by atoms with van der Waals surface area (Å²) in [5.74, 6) is 0.640. The highest BCUT2D eigenvalue weighted by atomic mass is 28.4. The van der Waals surface area contributed by atoms with Gasteiger partial charge in [0, 0.05) is 12.1 Å². The summed E-state index contributed by atoms with van der Waals surface area (Å²) in [5.41, 5.74) is 0.569. The Bertz CT molecular complexity index is 2210. The van der Waals surface area contributed by atoms with Crippen molar-refractivity contribution in [2.45, 2.75) is 51.2 Å². The Morgan fingerprint density at radius 1 is 0.698 bits per heavy atom. The normalized spacial score (nSPS) is 12.9. The van der Waals surface area contributed by atoms with Crippen LogP contribution in [-0.4, -0.2) is 82.3 Å². The quantitative estimate of drug-likeness (QED) is 0.184. The van der Waals surface area contributed by atoms with Gasteiger partial charge in [0.15, 0.2) is 11.3 Å². The number of ether oxygens (including phenoxy) is 2. The average molecular weight is 745 g/mol. The molecule has 2 unspecified atom stereocenters. The van der Waals surface area contributed by atoms with Crippen LogP contribution in [0.5, 0.6) is 11.8 Å². The van der Waals surface area contributed by atoms with Crippen molar-refractivity contribution in [3.8, 4) is 11.8 Å². The first kappa shape index (κ1) is 38.8. The molecule has 0 spiro atoms. The van der Waals surface area contributed by atoms with Crippen LogP contribution in [0.4, 0.5) is 8.78 Å². The molecule has 2 atom stereocenters. The zero-order chi connectivity index (χ0) is 38.2. The summed E-state index contributed by atoms with van der Waals surface area (Å²) in [4.78, 5) is 40.7. The standard InChI is InChI=1S/C27H30FN3O3Si.C11H12FN3O3/c1-27(2,3)35(21-11-7-5-8-12-21,22-13-9-6-10-14-22)34-19-20(28)18-31-25(32)17-29-23-15-16-24(33-4)30-26(23)31;1-18-9-3-2-8-11(14-9)15(5-7(12)6-16)10(17)4-13-8/h5-17,20H,18-19H2,1-4H3;2-4,7,16H,5-6H2,1H3. The molecule has 0 amide bonds. The highest BCUT2D eigenvalue weighted by molar-refractivity contribution is 6.99. The third-order valence-electron chi connectivity index (χ3n) is 8.60. The van der Waals surface area contributed by atoms with Crippen molar-refractivity contribution in [2.24, 2.45) is 0 Å². The molecule has 6 aromatic rings. The summed E-state index contributed by atoms with van der Waals surface area (Å²) in [5, 5.41) is 10.6. The molecule has 4 aromatic heterocycles. The van der Waals surface area contributed by atoms with E-state index in [-0.39, 0.29) is 36.0 Å². The van der Waals surface area contributed by atoms with Crippen LogP contribution >= 0.6 is 0 Å². The van der Waals surface area contributed by atoms with Crippen LogP contribution in [0.2, 0.25) is 5.04 Å². The number of aliphatic hydroxyl groups is 1. The Morgan fingerprint density at radius 2 is 1.13 bits per heavy atom. The van der Waals surface area contributed by atoms with Gasteiger partial charge in [0.25, 0.3) is 19.4 Å². The molecule has 15 heteroatoms. The molecule has 6 rings (SSSR count). The maximum atomic E-state index is 15.6. The molecule has 2 aromatic carbocycles. The van der Waals surface area contributed by atoms with Gasteiger partial charge in [-0.15, -0.1) is 0 Å². The maximum Gasteiger partial charge on any atom is 0.270 e. The molecule has 12 nitrogen and oxygen atoms in total. The number of benzene rings is 2. The Morgan fingerprint density at radius 3 is 1.53 bits per heavy atom. The van der Waals surface area contributed by atoms with Gasteiger partial charge in [-0.25, -0.2) is 18.7 Å². The van der Waals surface area contributed by atoms with Crippen LogP contribution in [0.15, 0.2) is 107 Å². The fraction of sp³-hybridized carbons (Fsp3) is 0.316. The van der Waals surface area contributed by atoms with E-state index < -0.39 is 38.4 Å². The van der Waals surface area contributed by atoms with Crippen molar-refractivity contribution < 1.29 is 27.8 Å². The van der Waals surface area contributed by atoms with E-state index in [0.717, 1.165) is 21.1 Å². The number of nitrogens with zero attached hydrogens (tertiary/aromatic N) is 6. The maximum absolute atomic E-state index is 15.6. The molecule has 53 heavy (non-hydrogen) atoms. The second-order valence-electron chi connectivity index (χ2n) is 13.2. The molecule has 0 bridgehead atoms. The second-order valence-corrected chi connectivity index (χ2v) is 17.5. The van der Waals surface area contributed by atoms with Gasteiger partial charge in [0.05, 0.1) is 52.9 Å². The third-order valence-corrected chi connectivity index (χ3v) is 13.6. The Hall–Kier alpha value is -5.38. The minimum atomic E-state index is -2.89. The van der Waals surface area contributed by atoms with Gasteiger partial charge >= 0.3 is 0 Å². The molecule has 4 heterocycles. The highest BCUT2D eigenvalue weighted by Crippen LogP contribution is 2.37. The smallest absolute Gasteiger partial charge is 0.270 e. The van der Waals surface area contributed by atoms with Crippen LogP contribution < -0.4 is 31.0 Å². The number of hydrogen-bond acceptors (Lipinski definition) is 10.